The maximum atomic E-state index is 9.88. The van der Waals surface area contributed by atoms with Crippen LogP contribution in [0.4, 0.5) is 0 Å². The van der Waals surface area contributed by atoms with Crippen molar-refractivity contribution in [3.8, 4) is 23.9 Å². The van der Waals surface area contributed by atoms with E-state index in [1.54, 1.807) is 13.8 Å². The SMILES string of the molecule is CC(C#N)CN=NC(c1cc(O)n(Br)c1O)C(C)C#N. The van der Waals surface area contributed by atoms with Crippen LogP contribution in [0.2, 0.25) is 0 Å². The molecule has 0 aliphatic rings. The first-order chi connectivity index (χ1) is 9.42. The molecule has 0 aromatic carbocycles. The summed E-state index contributed by atoms with van der Waals surface area (Å²) in [6.07, 6.45) is 0. The third-order valence-electron chi connectivity index (χ3n) is 2.71. The standard InChI is InChI=1S/C12H14BrN5O2/c1-7(4-14)6-16-17-11(8(2)5-15)9-3-10(19)18(13)12(9)20/h3,7-8,11,19-20H,6H2,1-2H3. The Kier molecular flexibility index (Phi) is 5.53. The third kappa shape index (κ3) is 3.49. The van der Waals surface area contributed by atoms with Crippen LogP contribution in [-0.2, 0) is 0 Å². The average molecular weight is 340 g/mol. The van der Waals surface area contributed by atoms with Gasteiger partial charge in [-0.15, -0.1) is 0 Å². The second-order valence-electron chi connectivity index (χ2n) is 4.39. The molecule has 1 rings (SSSR count). The minimum absolute atomic E-state index is 0.201. The highest BCUT2D eigenvalue weighted by molar-refractivity contribution is 9.08. The Bertz CT molecular complexity index is 584. The topological polar surface area (TPSA) is 118 Å². The van der Waals surface area contributed by atoms with Crippen molar-refractivity contribution in [3.63, 3.8) is 0 Å². The smallest absolute Gasteiger partial charge is 0.210 e. The predicted molar refractivity (Wildman–Crippen MR) is 74.1 cm³/mol. The molecule has 3 atom stereocenters. The average Bonchev–Trinajstić information content (AvgIpc) is 2.70. The summed E-state index contributed by atoms with van der Waals surface area (Å²) in [5.74, 6) is -1.26. The fourth-order valence-electron chi connectivity index (χ4n) is 1.50. The van der Waals surface area contributed by atoms with Crippen molar-refractivity contribution in [2.75, 3.05) is 6.54 Å². The molecule has 106 valence electrons. The van der Waals surface area contributed by atoms with Crippen molar-refractivity contribution in [1.29, 1.82) is 10.5 Å². The summed E-state index contributed by atoms with van der Waals surface area (Å²) in [4.78, 5) is 0. The zero-order valence-electron chi connectivity index (χ0n) is 11.0. The lowest BCUT2D eigenvalue weighted by Gasteiger charge is -2.12. The van der Waals surface area contributed by atoms with Crippen LogP contribution in [0.1, 0.15) is 25.5 Å². The molecule has 0 amide bonds. The van der Waals surface area contributed by atoms with Crippen molar-refractivity contribution in [1.82, 2.24) is 3.59 Å². The highest BCUT2D eigenvalue weighted by Crippen LogP contribution is 2.38. The second kappa shape index (κ2) is 6.92. The fourth-order valence-corrected chi connectivity index (χ4v) is 1.81. The van der Waals surface area contributed by atoms with Gasteiger partial charge in [-0.25, -0.2) is 3.59 Å². The summed E-state index contributed by atoms with van der Waals surface area (Å²) in [7, 11) is 0. The number of halogens is 1. The Morgan fingerprint density at radius 2 is 2.00 bits per heavy atom. The highest BCUT2D eigenvalue weighted by atomic mass is 79.9. The van der Waals surface area contributed by atoms with E-state index in [-0.39, 0.29) is 24.2 Å². The monoisotopic (exact) mass is 339 g/mol. The van der Waals surface area contributed by atoms with Gasteiger partial charge in [0.25, 0.3) is 0 Å². The lowest BCUT2D eigenvalue weighted by Crippen LogP contribution is -2.05. The van der Waals surface area contributed by atoms with E-state index in [1.807, 2.05) is 12.1 Å². The molecule has 2 N–H and O–H groups in total. The van der Waals surface area contributed by atoms with Crippen molar-refractivity contribution in [2.45, 2.75) is 19.9 Å². The van der Waals surface area contributed by atoms with Gasteiger partial charge in [-0.2, -0.15) is 20.8 Å². The van der Waals surface area contributed by atoms with Crippen molar-refractivity contribution in [2.24, 2.45) is 22.1 Å². The molecule has 0 aliphatic heterocycles. The van der Waals surface area contributed by atoms with Crippen molar-refractivity contribution in [3.05, 3.63) is 11.6 Å². The van der Waals surface area contributed by atoms with Gasteiger partial charge in [0, 0.05) is 11.6 Å². The van der Waals surface area contributed by atoms with Gasteiger partial charge in [-0.3, -0.25) is 0 Å². The zero-order valence-corrected chi connectivity index (χ0v) is 12.6. The maximum Gasteiger partial charge on any atom is 0.210 e. The summed E-state index contributed by atoms with van der Waals surface area (Å²) in [6, 6.07) is 4.66. The van der Waals surface area contributed by atoms with Crippen molar-refractivity contribution >= 4 is 16.1 Å². The van der Waals surface area contributed by atoms with Gasteiger partial charge >= 0.3 is 0 Å². The zero-order chi connectivity index (χ0) is 15.3. The van der Waals surface area contributed by atoms with Gasteiger partial charge in [0.1, 0.15) is 6.04 Å². The molecule has 0 spiro atoms. The molecule has 0 radical (unpaired) electrons. The minimum Gasteiger partial charge on any atom is -0.494 e. The Hall–Kier alpha value is -2.06. The normalized spacial score (nSPS) is 15.4. The van der Waals surface area contributed by atoms with Crippen LogP contribution in [0, 0.1) is 34.5 Å². The number of rotatable bonds is 5. The van der Waals surface area contributed by atoms with Gasteiger partial charge in [0.15, 0.2) is 0 Å². The summed E-state index contributed by atoms with van der Waals surface area (Å²) in [5.41, 5.74) is 0.293. The van der Waals surface area contributed by atoms with Gasteiger partial charge in [-0.05, 0) is 13.8 Å². The van der Waals surface area contributed by atoms with E-state index in [0.717, 1.165) is 3.59 Å². The second-order valence-corrected chi connectivity index (χ2v) is 5.10. The molecule has 1 heterocycles. The van der Waals surface area contributed by atoms with E-state index in [4.69, 9.17) is 10.5 Å². The van der Waals surface area contributed by atoms with Gasteiger partial charge in [0.05, 0.1) is 46.7 Å². The number of hydrogen-bond acceptors (Lipinski definition) is 6. The minimum atomic E-state index is -0.712. The first-order valence-corrected chi connectivity index (χ1v) is 6.58. The number of azo groups is 1. The molecule has 8 heteroatoms. The Morgan fingerprint density at radius 3 is 2.45 bits per heavy atom. The van der Waals surface area contributed by atoms with Crippen LogP contribution in [-0.4, -0.2) is 20.4 Å². The van der Waals surface area contributed by atoms with Crippen LogP contribution in [0.25, 0.3) is 0 Å². The van der Waals surface area contributed by atoms with Crippen LogP contribution < -0.4 is 0 Å². The first-order valence-electron chi connectivity index (χ1n) is 5.87. The number of hydrogen-bond donors (Lipinski definition) is 2. The molecule has 0 fully saturated rings. The Balaban J connectivity index is 3.05. The van der Waals surface area contributed by atoms with E-state index in [9.17, 15) is 10.2 Å². The van der Waals surface area contributed by atoms with Gasteiger partial charge in [0.2, 0.25) is 11.8 Å². The van der Waals surface area contributed by atoms with Crippen molar-refractivity contribution < 1.29 is 10.2 Å². The molecule has 0 saturated heterocycles. The summed E-state index contributed by atoms with van der Waals surface area (Å²) < 4.78 is 1.01. The van der Waals surface area contributed by atoms with Crippen LogP contribution >= 0.6 is 16.1 Å². The summed E-state index contributed by atoms with van der Waals surface area (Å²) >= 11 is 2.96. The van der Waals surface area contributed by atoms with E-state index in [0.29, 0.717) is 5.56 Å². The molecule has 3 unspecified atom stereocenters. The number of aromatic nitrogens is 1. The lowest BCUT2D eigenvalue weighted by molar-refractivity contribution is 0.410. The van der Waals surface area contributed by atoms with Crippen LogP contribution in [0.5, 0.6) is 11.8 Å². The summed E-state index contributed by atoms with van der Waals surface area (Å²) in [6.45, 7) is 3.56. The summed E-state index contributed by atoms with van der Waals surface area (Å²) in [5, 5.41) is 45.0. The Morgan fingerprint density at radius 1 is 1.35 bits per heavy atom. The third-order valence-corrected chi connectivity index (χ3v) is 3.41. The number of nitrogens with zero attached hydrogens (tertiary/aromatic N) is 5. The molecule has 1 aromatic heterocycles. The molecular formula is C12H14BrN5O2. The molecule has 0 aliphatic carbocycles. The van der Waals surface area contributed by atoms with E-state index < -0.39 is 12.0 Å². The molecular weight excluding hydrogens is 326 g/mol. The molecule has 1 aromatic rings. The van der Waals surface area contributed by atoms with E-state index >= 15 is 0 Å². The quantitative estimate of drug-likeness (QED) is 0.801. The fraction of sp³-hybridized carbons (Fsp3) is 0.500. The lowest BCUT2D eigenvalue weighted by atomic mass is 9.98. The largest absolute Gasteiger partial charge is 0.494 e. The first kappa shape index (κ1) is 16.0. The molecule has 7 nitrogen and oxygen atoms in total. The van der Waals surface area contributed by atoms with E-state index in [1.165, 1.54) is 6.07 Å². The van der Waals surface area contributed by atoms with Crippen LogP contribution in [0.15, 0.2) is 16.3 Å². The Labute approximate surface area is 125 Å². The van der Waals surface area contributed by atoms with Gasteiger partial charge in [-0.1, -0.05) is 0 Å². The number of aromatic hydroxyl groups is 2. The van der Waals surface area contributed by atoms with Gasteiger partial charge < -0.3 is 10.2 Å². The maximum absolute atomic E-state index is 9.88. The predicted octanol–water partition coefficient (Wildman–Crippen LogP) is 2.87. The highest BCUT2D eigenvalue weighted by Gasteiger charge is 2.26. The number of nitriles is 2. The van der Waals surface area contributed by atoms with E-state index in [2.05, 4.69) is 26.4 Å². The molecule has 20 heavy (non-hydrogen) atoms. The van der Waals surface area contributed by atoms with Crippen LogP contribution in [0.3, 0.4) is 0 Å². The molecule has 0 saturated carbocycles. The molecule has 0 bridgehead atoms.